The summed E-state index contributed by atoms with van der Waals surface area (Å²) in [5, 5.41) is 3.62. The number of amides is 1. The highest BCUT2D eigenvalue weighted by molar-refractivity contribution is 14.1. The van der Waals surface area contributed by atoms with Crippen molar-refractivity contribution in [3.05, 3.63) is 56.9 Å². The van der Waals surface area contributed by atoms with Crippen molar-refractivity contribution in [3.8, 4) is 0 Å². The number of benzene rings is 2. The number of likely N-dealkylation sites (tertiary alicyclic amines) is 1. The Labute approximate surface area is 176 Å². The second-order valence-electron chi connectivity index (χ2n) is 6.77. The number of hydrogen-bond acceptors (Lipinski definition) is 4. The third-order valence-corrected chi connectivity index (χ3v) is 5.75. The second-order valence-corrected chi connectivity index (χ2v) is 8.45. The van der Waals surface area contributed by atoms with E-state index in [0.29, 0.717) is 11.6 Å². The van der Waals surface area contributed by atoms with Crippen LogP contribution in [-0.4, -0.2) is 35.4 Å². The van der Waals surface area contributed by atoms with Gasteiger partial charge < -0.3 is 9.73 Å². The predicted octanol–water partition coefficient (Wildman–Crippen LogP) is 4.90. The fourth-order valence-corrected chi connectivity index (χ4v) is 3.89. The average molecular weight is 496 g/mol. The van der Waals surface area contributed by atoms with Gasteiger partial charge in [0.25, 0.3) is 0 Å². The minimum atomic E-state index is 0.0196. The summed E-state index contributed by atoms with van der Waals surface area (Å²) in [4.78, 5) is 19.0. The van der Waals surface area contributed by atoms with Gasteiger partial charge in [-0.3, -0.25) is 9.69 Å². The molecule has 1 N–H and O–H groups in total. The third kappa shape index (κ3) is 4.62. The molecule has 27 heavy (non-hydrogen) atoms. The van der Waals surface area contributed by atoms with E-state index in [4.69, 9.17) is 16.0 Å². The van der Waals surface area contributed by atoms with Crippen molar-refractivity contribution in [2.24, 2.45) is 0 Å². The van der Waals surface area contributed by atoms with Gasteiger partial charge in [-0.05, 0) is 91.0 Å². The molecule has 2 heterocycles. The van der Waals surface area contributed by atoms with E-state index in [1.54, 1.807) is 0 Å². The van der Waals surface area contributed by atoms with E-state index in [1.165, 1.54) is 0 Å². The van der Waals surface area contributed by atoms with Crippen LogP contribution in [0.25, 0.3) is 11.1 Å². The topological polar surface area (TPSA) is 58.4 Å². The van der Waals surface area contributed by atoms with Gasteiger partial charge in [-0.25, -0.2) is 4.98 Å². The maximum absolute atomic E-state index is 12.3. The first-order chi connectivity index (χ1) is 13.1. The number of nitrogens with zero attached hydrogens (tertiary/aromatic N) is 2. The zero-order chi connectivity index (χ0) is 18.8. The van der Waals surface area contributed by atoms with Crippen molar-refractivity contribution < 1.29 is 9.21 Å². The summed E-state index contributed by atoms with van der Waals surface area (Å²) in [6.07, 6.45) is 1.86. The maximum atomic E-state index is 12.3. The van der Waals surface area contributed by atoms with Gasteiger partial charge in [-0.1, -0.05) is 11.6 Å². The molecule has 1 aromatic heterocycles. The molecular formula is C20H19ClIN3O2. The summed E-state index contributed by atoms with van der Waals surface area (Å²) in [5.74, 6) is 1.08. The Hall–Kier alpha value is -1.64. The molecule has 1 aliphatic rings. The van der Waals surface area contributed by atoms with E-state index in [0.717, 1.165) is 52.2 Å². The van der Waals surface area contributed by atoms with Crippen LogP contribution in [0.5, 0.6) is 0 Å². The second kappa shape index (κ2) is 8.16. The van der Waals surface area contributed by atoms with E-state index in [9.17, 15) is 4.79 Å². The molecule has 0 atom stereocenters. The number of nitrogens with one attached hydrogen (secondary N) is 1. The first kappa shape index (κ1) is 18.7. The van der Waals surface area contributed by atoms with Crippen LogP contribution >= 0.6 is 34.2 Å². The largest absolute Gasteiger partial charge is 0.440 e. The zero-order valence-electron chi connectivity index (χ0n) is 14.6. The molecule has 0 unspecified atom stereocenters. The fourth-order valence-electron chi connectivity index (χ4n) is 3.37. The monoisotopic (exact) mass is 495 g/mol. The summed E-state index contributed by atoms with van der Waals surface area (Å²) in [6, 6.07) is 13.3. The molecule has 1 amide bonds. The number of carbonyl (C=O) groups is 1. The molecule has 0 bridgehead atoms. The lowest BCUT2D eigenvalue weighted by atomic mass is 9.97. The molecule has 1 fully saturated rings. The van der Waals surface area contributed by atoms with Gasteiger partial charge in [0, 0.05) is 20.2 Å². The van der Waals surface area contributed by atoms with E-state index < -0.39 is 0 Å². The van der Waals surface area contributed by atoms with Gasteiger partial charge in [-0.2, -0.15) is 0 Å². The minimum Gasteiger partial charge on any atom is -0.440 e. The Kier molecular flexibility index (Phi) is 5.66. The van der Waals surface area contributed by atoms with Crippen molar-refractivity contribution in [1.29, 1.82) is 0 Å². The molecule has 3 aromatic rings. The Morgan fingerprint density at radius 2 is 1.96 bits per heavy atom. The lowest BCUT2D eigenvalue weighted by Gasteiger charge is -2.29. The highest BCUT2D eigenvalue weighted by Gasteiger charge is 2.25. The quantitative estimate of drug-likeness (QED) is 0.523. The van der Waals surface area contributed by atoms with Gasteiger partial charge in [0.2, 0.25) is 5.91 Å². The molecule has 4 rings (SSSR count). The number of piperidine rings is 1. The molecular weight excluding hydrogens is 477 g/mol. The molecule has 0 aliphatic carbocycles. The van der Waals surface area contributed by atoms with Crippen LogP contribution in [0.1, 0.15) is 24.7 Å². The first-order valence-corrected chi connectivity index (χ1v) is 10.4. The van der Waals surface area contributed by atoms with Crippen LogP contribution in [-0.2, 0) is 4.79 Å². The van der Waals surface area contributed by atoms with Crippen LogP contribution in [0.4, 0.5) is 5.69 Å². The van der Waals surface area contributed by atoms with Crippen LogP contribution in [0.15, 0.2) is 46.9 Å². The lowest BCUT2D eigenvalue weighted by molar-refractivity contribution is -0.117. The Morgan fingerprint density at radius 1 is 1.22 bits per heavy atom. The molecule has 7 heteroatoms. The molecule has 2 aromatic carbocycles. The Bertz CT molecular complexity index is 950. The highest BCUT2D eigenvalue weighted by Crippen LogP contribution is 2.30. The number of hydrogen-bond donors (Lipinski definition) is 1. The van der Waals surface area contributed by atoms with E-state index >= 15 is 0 Å². The summed E-state index contributed by atoms with van der Waals surface area (Å²) < 4.78 is 7.05. The minimum absolute atomic E-state index is 0.0196. The maximum Gasteiger partial charge on any atom is 0.238 e. The standard InChI is InChI=1S/C20H19ClIN3O2/c21-14-1-6-18-17(11-14)24-20(27-18)13-7-9-25(10-8-13)12-19(26)23-16-4-2-15(22)3-5-16/h1-6,11,13H,7-10,12H2,(H,23,26). The zero-order valence-corrected chi connectivity index (χ0v) is 17.5. The fraction of sp³-hybridized carbons (Fsp3) is 0.300. The Morgan fingerprint density at radius 3 is 2.70 bits per heavy atom. The van der Waals surface area contributed by atoms with Crippen molar-refractivity contribution in [2.75, 3.05) is 25.0 Å². The van der Waals surface area contributed by atoms with Crippen molar-refractivity contribution in [2.45, 2.75) is 18.8 Å². The lowest BCUT2D eigenvalue weighted by Crippen LogP contribution is -2.38. The smallest absolute Gasteiger partial charge is 0.238 e. The number of anilines is 1. The molecule has 1 aliphatic heterocycles. The van der Waals surface area contributed by atoms with Crippen LogP contribution < -0.4 is 5.32 Å². The van der Waals surface area contributed by atoms with Gasteiger partial charge in [-0.15, -0.1) is 0 Å². The van der Waals surface area contributed by atoms with Crippen molar-refractivity contribution >= 4 is 56.9 Å². The number of oxazole rings is 1. The normalized spacial score (nSPS) is 15.9. The van der Waals surface area contributed by atoms with Crippen LogP contribution in [0.2, 0.25) is 5.02 Å². The Balaban J connectivity index is 1.31. The van der Waals surface area contributed by atoms with Crippen LogP contribution in [0.3, 0.4) is 0 Å². The van der Waals surface area contributed by atoms with Gasteiger partial charge >= 0.3 is 0 Å². The SMILES string of the molecule is O=C(CN1CCC(c2nc3cc(Cl)ccc3o2)CC1)Nc1ccc(I)cc1. The van der Waals surface area contributed by atoms with Crippen molar-refractivity contribution in [1.82, 2.24) is 9.88 Å². The summed E-state index contributed by atoms with van der Waals surface area (Å²) in [7, 11) is 0. The predicted molar refractivity (Wildman–Crippen MR) is 115 cm³/mol. The van der Waals surface area contributed by atoms with Gasteiger partial charge in [0.05, 0.1) is 6.54 Å². The van der Waals surface area contributed by atoms with Gasteiger partial charge in [0.15, 0.2) is 11.5 Å². The molecule has 5 nitrogen and oxygen atoms in total. The number of carbonyl (C=O) groups excluding carboxylic acids is 1. The summed E-state index contributed by atoms with van der Waals surface area (Å²) in [5.41, 5.74) is 2.41. The van der Waals surface area contributed by atoms with Gasteiger partial charge in [0.1, 0.15) is 5.52 Å². The number of halogens is 2. The van der Waals surface area contributed by atoms with Crippen molar-refractivity contribution in [3.63, 3.8) is 0 Å². The molecule has 0 radical (unpaired) electrons. The number of rotatable bonds is 4. The first-order valence-electron chi connectivity index (χ1n) is 8.90. The average Bonchev–Trinajstić information content (AvgIpc) is 3.07. The third-order valence-electron chi connectivity index (χ3n) is 4.80. The van der Waals surface area contributed by atoms with E-state index in [2.05, 4.69) is 37.8 Å². The molecule has 0 spiro atoms. The molecule has 0 saturated carbocycles. The molecule has 140 valence electrons. The summed E-state index contributed by atoms with van der Waals surface area (Å²) >= 11 is 8.27. The summed E-state index contributed by atoms with van der Waals surface area (Å²) in [6.45, 7) is 2.11. The van der Waals surface area contributed by atoms with E-state index in [-0.39, 0.29) is 11.8 Å². The highest BCUT2D eigenvalue weighted by atomic mass is 127. The number of aromatic nitrogens is 1. The van der Waals surface area contributed by atoms with E-state index in [1.807, 2.05) is 42.5 Å². The molecule has 1 saturated heterocycles. The van der Waals surface area contributed by atoms with Crippen LogP contribution in [0, 0.1) is 3.57 Å². The number of fused-ring (bicyclic) bond motifs is 1.